The number of hydrogen-bond donors (Lipinski definition) is 4. The maximum absolute atomic E-state index is 11.2. The predicted octanol–water partition coefficient (Wildman–Crippen LogP) is -0.546. The summed E-state index contributed by atoms with van der Waals surface area (Å²) in [4.78, 5) is 14.7. The Bertz CT molecular complexity index is 283. The van der Waals surface area contributed by atoms with Crippen LogP contribution in [-0.2, 0) is 4.79 Å². The fraction of sp³-hybridized carbons (Fsp3) is 0.625. The van der Waals surface area contributed by atoms with Crippen LogP contribution in [0.4, 0.5) is 0 Å². The molecule has 0 aromatic heterocycles. The molecule has 0 aromatic carbocycles. The molecule has 0 aliphatic heterocycles. The Labute approximate surface area is 92.4 Å². The Kier molecular flexibility index (Phi) is 4.41. The van der Waals surface area contributed by atoms with Crippen molar-refractivity contribution in [3.8, 4) is 0 Å². The fourth-order valence-electron chi connectivity index (χ4n) is 0.915. The van der Waals surface area contributed by atoms with Gasteiger partial charge in [0.05, 0.1) is 5.75 Å². The highest BCUT2D eigenvalue weighted by atomic mass is 32.2. The highest BCUT2D eigenvalue weighted by Crippen LogP contribution is 2.27. The van der Waals surface area contributed by atoms with E-state index in [9.17, 15) is 4.79 Å². The van der Waals surface area contributed by atoms with Crippen molar-refractivity contribution in [1.29, 1.82) is 5.41 Å². The van der Waals surface area contributed by atoms with Gasteiger partial charge in [-0.2, -0.15) is 4.99 Å². The average molecular weight is 229 g/mol. The number of nitrogens with two attached hydrogens (primary N) is 2. The number of guanidine groups is 1. The molecule has 1 aliphatic carbocycles. The van der Waals surface area contributed by atoms with Gasteiger partial charge >= 0.3 is 0 Å². The molecule has 0 radical (unpaired) electrons. The van der Waals surface area contributed by atoms with E-state index < -0.39 is 0 Å². The van der Waals surface area contributed by atoms with Crippen molar-refractivity contribution in [2.45, 2.75) is 12.8 Å². The second kappa shape index (κ2) is 5.59. The number of aliphatic imine (C=N–C) groups is 1. The average Bonchev–Trinajstić information content (AvgIpc) is 2.93. The van der Waals surface area contributed by atoms with Crippen molar-refractivity contribution in [3.05, 3.63) is 0 Å². The van der Waals surface area contributed by atoms with Crippen LogP contribution in [0.2, 0.25) is 0 Å². The number of thioether (sulfide) groups is 1. The van der Waals surface area contributed by atoms with E-state index in [-0.39, 0.29) is 22.8 Å². The van der Waals surface area contributed by atoms with Crippen LogP contribution in [0.3, 0.4) is 0 Å². The molecule has 0 bridgehead atoms. The summed E-state index contributed by atoms with van der Waals surface area (Å²) < 4.78 is 0. The first-order chi connectivity index (χ1) is 7.08. The Balaban J connectivity index is 2.09. The van der Waals surface area contributed by atoms with Gasteiger partial charge in [0.2, 0.25) is 5.91 Å². The van der Waals surface area contributed by atoms with Gasteiger partial charge in [-0.15, -0.1) is 0 Å². The molecule has 15 heavy (non-hydrogen) atoms. The number of carbonyl (C=O) groups is 1. The van der Waals surface area contributed by atoms with E-state index in [1.165, 1.54) is 12.8 Å². The van der Waals surface area contributed by atoms with Crippen molar-refractivity contribution in [1.82, 2.24) is 5.32 Å². The fourth-order valence-corrected chi connectivity index (χ4v) is 1.45. The van der Waals surface area contributed by atoms with Crippen LogP contribution in [0.25, 0.3) is 0 Å². The number of hydrogen-bond acceptors (Lipinski definition) is 3. The van der Waals surface area contributed by atoms with Gasteiger partial charge in [0.15, 0.2) is 11.1 Å². The molecule has 0 heterocycles. The minimum absolute atomic E-state index is 0.0448. The molecular formula is C8H15N5OS. The summed E-state index contributed by atoms with van der Waals surface area (Å²) in [5.41, 5.74) is 10.2. The lowest BCUT2D eigenvalue weighted by Gasteiger charge is -2.02. The molecule has 1 amide bonds. The summed E-state index contributed by atoms with van der Waals surface area (Å²) in [6.45, 7) is 0.745. The zero-order valence-electron chi connectivity index (χ0n) is 8.32. The highest BCUT2D eigenvalue weighted by molar-refractivity contribution is 8.14. The standard InChI is InChI=1S/C8H15N5OS/c9-7(10)13-8(11)15-4-6(14)12-3-5-1-2-5/h5H,1-4H2,(H,12,14)(H5,9,10,11,13). The third kappa shape index (κ3) is 5.95. The van der Waals surface area contributed by atoms with Crippen molar-refractivity contribution < 1.29 is 4.79 Å². The van der Waals surface area contributed by atoms with E-state index in [2.05, 4.69) is 10.3 Å². The lowest BCUT2D eigenvalue weighted by Crippen LogP contribution is -2.28. The zero-order chi connectivity index (χ0) is 11.3. The molecule has 0 saturated heterocycles. The molecule has 0 aromatic rings. The van der Waals surface area contributed by atoms with Crippen LogP contribution in [0.15, 0.2) is 4.99 Å². The van der Waals surface area contributed by atoms with Crippen LogP contribution < -0.4 is 16.8 Å². The molecule has 6 nitrogen and oxygen atoms in total. The van der Waals surface area contributed by atoms with E-state index >= 15 is 0 Å². The first-order valence-corrected chi connectivity index (χ1v) is 5.64. The van der Waals surface area contributed by atoms with Crippen molar-refractivity contribution >= 4 is 28.8 Å². The molecule has 1 fully saturated rings. The molecule has 6 N–H and O–H groups in total. The largest absolute Gasteiger partial charge is 0.370 e. The first kappa shape index (κ1) is 11.8. The molecule has 0 atom stereocenters. The van der Waals surface area contributed by atoms with Gasteiger partial charge in [0.25, 0.3) is 0 Å². The number of amides is 1. The van der Waals surface area contributed by atoms with Gasteiger partial charge in [-0.05, 0) is 18.8 Å². The predicted molar refractivity (Wildman–Crippen MR) is 61.7 cm³/mol. The number of amidine groups is 1. The third-order valence-electron chi connectivity index (χ3n) is 1.86. The van der Waals surface area contributed by atoms with Crippen molar-refractivity contribution in [2.24, 2.45) is 22.4 Å². The molecule has 0 spiro atoms. The van der Waals surface area contributed by atoms with Gasteiger partial charge in [0.1, 0.15) is 0 Å². The molecular weight excluding hydrogens is 214 g/mol. The molecule has 1 aliphatic rings. The Morgan fingerprint density at radius 2 is 2.20 bits per heavy atom. The normalized spacial score (nSPS) is 14.4. The summed E-state index contributed by atoms with van der Waals surface area (Å²) in [6.07, 6.45) is 2.41. The Morgan fingerprint density at radius 3 is 2.73 bits per heavy atom. The van der Waals surface area contributed by atoms with Crippen molar-refractivity contribution in [3.63, 3.8) is 0 Å². The summed E-state index contributed by atoms with van der Waals surface area (Å²) in [7, 11) is 0. The lowest BCUT2D eigenvalue weighted by atomic mass is 10.4. The second-order valence-electron chi connectivity index (χ2n) is 3.38. The summed E-state index contributed by atoms with van der Waals surface area (Å²) in [5, 5.41) is 10.0. The van der Waals surface area contributed by atoms with Gasteiger partial charge < -0.3 is 16.8 Å². The smallest absolute Gasteiger partial charge is 0.230 e. The van der Waals surface area contributed by atoms with Gasteiger partial charge in [0, 0.05) is 6.54 Å². The van der Waals surface area contributed by atoms with Crippen LogP contribution in [0, 0.1) is 11.3 Å². The number of nitrogens with zero attached hydrogens (tertiary/aromatic N) is 1. The minimum Gasteiger partial charge on any atom is -0.370 e. The van der Waals surface area contributed by atoms with E-state index in [0.717, 1.165) is 18.3 Å². The minimum atomic E-state index is -0.161. The molecule has 84 valence electrons. The zero-order valence-corrected chi connectivity index (χ0v) is 9.14. The van der Waals surface area contributed by atoms with E-state index in [1.807, 2.05) is 0 Å². The van der Waals surface area contributed by atoms with Gasteiger partial charge in [-0.1, -0.05) is 11.8 Å². The first-order valence-electron chi connectivity index (χ1n) is 4.65. The number of nitrogens with one attached hydrogen (secondary N) is 2. The van der Waals surface area contributed by atoms with Crippen LogP contribution in [0.5, 0.6) is 0 Å². The maximum Gasteiger partial charge on any atom is 0.230 e. The summed E-state index contributed by atoms with van der Waals surface area (Å²) in [6, 6.07) is 0. The highest BCUT2D eigenvalue weighted by Gasteiger charge is 2.21. The monoisotopic (exact) mass is 229 g/mol. The van der Waals surface area contributed by atoms with Crippen molar-refractivity contribution in [2.75, 3.05) is 12.3 Å². The Hall–Kier alpha value is -1.24. The van der Waals surface area contributed by atoms with E-state index in [4.69, 9.17) is 16.9 Å². The quantitative estimate of drug-likeness (QED) is 0.382. The molecule has 1 rings (SSSR count). The molecule has 0 unspecified atom stereocenters. The topological polar surface area (TPSA) is 117 Å². The van der Waals surface area contributed by atoms with Crippen LogP contribution in [0.1, 0.15) is 12.8 Å². The van der Waals surface area contributed by atoms with Crippen LogP contribution >= 0.6 is 11.8 Å². The number of rotatable bonds is 4. The number of carbonyl (C=O) groups excluding carboxylic acids is 1. The van der Waals surface area contributed by atoms with Crippen LogP contribution in [-0.4, -0.2) is 29.3 Å². The summed E-state index contributed by atoms with van der Waals surface area (Å²) >= 11 is 1.01. The lowest BCUT2D eigenvalue weighted by molar-refractivity contribution is -0.118. The van der Waals surface area contributed by atoms with Gasteiger partial charge in [-0.25, -0.2) is 0 Å². The van der Waals surface area contributed by atoms with E-state index in [0.29, 0.717) is 5.92 Å². The van der Waals surface area contributed by atoms with E-state index in [1.54, 1.807) is 0 Å². The second-order valence-corrected chi connectivity index (χ2v) is 4.34. The molecule has 1 saturated carbocycles. The Morgan fingerprint density at radius 1 is 1.53 bits per heavy atom. The SMILES string of the molecule is N=C(N=C(N)N)SCC(=O)NCC1CC1. The maximum atomic E-state index is 11.2. The van der Waals surface area contributed by atoms with Gasteiger partial charge in [-0.3, -0.25) is 10.2 Å². The molecule has 7 heteroatoms. The third-order valence-corrected chi connectivity index (χ3v) is 2.63. The summed E-state index contributed by atoms with van der Waals surface area (Å²) in [5.74, 6) is 0.604.